The zero-order valence-electron chi connectivity index (χ0n) is 9.25. The summed E-state index contributed by atoms with van der Waals surface area (Å²) in [4.78, 5) is 4.21. The normalized spacial score (nSPS) is 10.7. The standard InChI is InChI=1S/C12H9ClN4S/c13-8-1-3-9(4-2-8)17-7-10(14)11(16-17)12-15-5-6-18-12/h1-7H,14H2. The molecule has 1 aromatic carbocycles. The highest BCUT2D eigenvalue weighted by molar-refractivity contribution is 7.13. The second-order valence-electron chi connectivity index (χ2n) is 3.69. The molecule has 4 nitrogen and oxygen atoms in total. The molecule has 3 aromatic rings. The maximum Gasteiger partial charge on any atom is 0.145 e. The number of nitrogens with zero attached hydrogens (tertiary/aromatic N) is 3. The number of nitrogen functional groups attached to an aromatic ring is 1. The third-order valence-corrected chi connectivity index (χ3v) is 3.50. The molecule has 0 spiro atoms. The first-order valence-electron chi connectivity index (χ1n) is 5.25. The highest BCUT2D eigenvalue weighted by atomic mass is 35.5. The lowest BCUT2D eigenvalue weighted by Gasteiger charge is -2.00. The molecule has 6 heteroatoms. The van der Waals surface area contributed by atoms with Gasteiger partial charge in [0.2, 0.25) is 0 Å². The van der Waals surface area contributed by atoms with E-state index in [1.807, 2.05) is 29.6 Å². The van der Waals surface area contributed by atoms with Crippen molar-refractivity contribution < 1.29 is 0 Å². The number of hydrogen-bond acceptors (Lipinski definition) is 4. The van der Waals surface area contributed by atoms with Crippen molar-refractivity contribution in [2.45, 2.75) is 0 Å². The molecular weight excluding hydrogens is 268 g/mol. The summed E-state index contributed by atoms with van der Waals surface area (Å²) < 4.78 is 1.72. The van der Waals surface area contributed by atoms with Crippen LogP contribution in [0.15, 0.2) is 42.0 Å². The second kappa shape index (κ2) is 4.44. The zero-order chi connectivity index (χ0) is 12.5. The first-order valence-corrected chi connectivity index (χ1v) is 6.51. The lowest BCUT2D eigenvalue weighted by molar-refractivity contribution is 0.884. The molecule has 2 N–H and O–H groups in total. The van der Waals surface area contributed by atoms with E-state index in [-0.39, 0.29) is 0 Å². The first-order chi connectivity index (χ1) is 8.74. The molecule has 0 radical (unpaired) electrons. The second-order valence-corrected chi connectivity index (χ2v) is 5.02. The zero-order valence-corrected chi connectivity index (χ0v) is 10.8. The molecule has 0 aliphatic heterocycles. The summed E-state index contributed by atoms with van der Waals surface area (Å²) in [5, 5.41) is 7.86. The van der Waals surface area contributed by atoms with Crippen molar-refractivity contribution in [2.75, 3.05) is 5.73 Å². The van der Waals surface area contributed by atoms with Gasteiger partial charge in [0, 0.05) is 16.6 Å². The Morgan fingerprint density at radius 3 is 2.67 bits per heavy atom. The van der Waals surface area contributed by atoms with Gasteiger partial charge >= 0.3 is 0 Å². The summed E-state index contributed by atoms with van der Waals surface area (Å²) in [5.74, 6) is 0. The third-order valence-electron chi connectivity index (χ3n) is 2.47. The van der Waals surface area contributed by atoms with Crippen molar-refractivity contribution in [3.05, 3.63) is 47.1 Å². The summed E-state index contributed by atoms with van der Waals surface area (Å²) in [6, 6.07) is 7.41. The fourth-order valence-electron chi connectivity index (χ4n) is 1.62. The van der Waals surface area contributed by atoms with Gasteiger partial charge in [0.15, 0.2) is 0 Å². The number of rotatable bonds is 2. The Bertz CT molecular complexity index is 658. The maximum atomic E-state index is 5.96. The van der Waals surface area contributed by atoms with Gasteiger partial charge in [-0.15, -0.1) is 11.3 Å². The minimum absolute atomic E-state index is 0.611. The van der Waals surface area contributed by atoms with E-state index >= 15 is 0 Å². The molecule has 90 valence electrons. The molecule has 0 fully saturated rings. The van der Waals surface area contributed by atoms with E-state index in [9.17, 15) is 0 Å². The van der Waals surface area contributed by atoms with E-state index < -0.39 is 0 Å². The van der Waals surface area contributed by atoms with Gasteiger partial charge in [-0.2, -0.15) is 5.10 Å². The Morgan fingerprint density at radius 2 is 2.00 bits per heavy atom. The molecule has 0 aliphatic carbocycles. The molecule has 0 unspecified atom stereocenters. The molecule has 2 heterocycles. The van der Waals surface area contributed by atoms with Crippen LogP contribution >= 0.6 is 22.9 Å². The third kappa shape index (κ3) is 1.98. The Labute approximate surface area is 113 Å². The van der Waals surface area contributed by atoms with Crippen LogP contribution in [0.3, 0.4) is 0 Å². The van der Waals surface area contributed by atoms with E-state index in [1.54, 1.807) is 17.1 Å². The Kier molecular flexibility index (Phi) is 2.77. The fourth-order valence-corrected chi connectivity index (χ4v) is 2.39. The van der Waals surface area contributed by atoms with E-state index in [0.29, 0.717) is 16.4 Å². The van der Waals surface area contributed by atoms with Crippen LogP contribution in [-0.2, 0) is 0 Å². The monoisotopic (exact) mass is 276 g/mol. The predicted molar refractivity (Wildman–Crippen MR) is 74.1 cm³/mol. The molecule has 0 saturated heterocycles. The van der Waals surface area contributed by atoms with Crippen molar-refractivity contribution in [2.24, 2.45) is 0 Å². The fraction of sp³-hybridized carbons (Fsp3) is 0. The van der Waals surface area contributed by atoms with Crippen molar-refractivity contribution in [3.8, 4) is 16.4 Å². The molecule has 0 aliphatic rings. The van der Waals surface area contributed by atoms with Crippen molar-refractivity contribution in [3.63, 3.8) is 0 Å². The summed E-state index contributed by atoms with van der Waals surface area (Å²) >= 11 is 7.37. The number of benzene rings is 1. The van der Waals surface area contributed by atoms with Crippen molar-refractivity contribution >= 4 is 28.6 Å². The number of thiazole rings is 1. The maximum absolute atomic E-state index is 5.96. The van der Waals surface area contributed by atoms with Crippen molar-refractivity contribution in [1.82, 2.24) is 14.8 Å². The van der Waals surface area contributed by atoms with Gasteiger partial charge in [-0.1, -0.05) is 11.6 Å². The summed E-state index contributed by atoms with van der Waals surface area (Å²) in [7, 11) is 0. The molecule has 2 aromatic heterocycles. The quantitative estimate of drug-likeness (QED) is 0.782. The lowest BCUT2D eigenvalue weighted by Crippen LogP contribution is -1.94. The van der Waals surface area contributed by atoms with Crippen LogP contribution in [0.2, 0.25) is 5.02 Å². The Morgan fingerprint density at radius 1 is 1.22 bits per heavy atom. The predicted octanol–water partition coefficient (Wildman–Crippen LogP) is 3.23. The Balaban J connectivity index is 2.05. The van der Waals surface area contributed by atoms with E-state index in [0.717, 1.165) is 10.7 Å². The van der Waals surface area contributed by atoms with E-state index in [4.69, 9.17) is 17.3 Å². The number of anilines is 1. The van der Waals surface area contributed by atoms with Crippen LogP contribution < -0.4 is 5.73 Å². The molecule has 3 rings (SSSR count). The average molecular weight is 277 g/mol. The highest BCUT2D eigenvalue weighted by Gasteiger charge is 2.11. The highest BCUT2D eigenvalue weighted by Crippen LogP contribution is 2.27. The van der Waals surface area contributed by atoms with Gasteiger partial charge in [0.05, 0.1) is 17.6 Å². The van der Waals surface area contributed by atoms with Crippen LogP contribution in [-0.4, -0.2) is 14.8 Å². The van der Waals surface area contributed by atoms with Gasteiger partial charge < -0.3 is 5.73 Å². The van der Waals surface area contributed by atoms with Crippen LogP contribution in [0.4, 0.5) is 5.69 Å². The molecular formula is C12H9ClN4S. The summed E-state index contributed by atoms with van der Waals surface area (Å²) in [5.41, 5.74) is 8.19. The van der Waals surface area contributed by atoms with Crippen LogP contribution in [0.25, 0.3) is 16.4 Å². The van der Waals surface area contributed by atoms with Gasteiger partial charge in [-0.25, -0.2) is 9.67 Å². The van der Waals surface area contributed by atoms with Crippen LogP contribution in [0.5, 0.6) is 0 Å². The smallest absolute Gasteiger partial charge is 0.145 e. The van der Waals surface area contributed by atoms with E-state index in [1.165, 1.54) is 11.3 Å². The van der Waals surface area contributed by atoms with E-state index in [2.05, 4.69) is 10.1 Å². The number of nitrogens with two attached hydrogens (primary N) is 1. The largest absolute Gasteiger partial charge is 0.396 e. The number of hydrogen-bond donors (Lipinski definition) is 1. The van der Waals surface area contributed by atoms with Gasteiger partial charge in [0.1, 0.15) is 10.7 Å². The minimum atomic E-state index is 0.611. The molecule has 0 atom stereocenters. The molecule has 0 amide bonds. The van der Waals surface area contributed by atoms with Crippen LogP contribution in [0.1, 0.15) is 0 Å². The van der Waals surface area contributed by atoms with Gasteiger partial charge in [-0.3, -0.25) is 0 Å². The molecule has 18 heavy (non-hydrogen) atoms. The lowest BCUT2D eigenvalue weighted by atomic mass is 10.3. The average Bonchev–Trinajstić information content (AvgIpc) is 2.99. The number of halogens is 1. The molecule has 0 bridgehead atoms. The SMILES string of the molecule is Nc1cn(-c2ccc(Cl)cc2)nc1-c1nccs1. The van der Waals surface area contributed by atoms with Crippen molar-refractivity contribution in [1.29, 1.82) is 0 Å². The topological polar surface area (TPSA) is 56.7 Å². The van der Waals surface area contributed by atoms with Gasteiger partial charge in [0.25, 0.3) is 0 Å². The van der Waals surface area contributed by atoms with Crippen LogP contribution in [0, 0.1) is 0 Å². The number of aromatic nitrogens is 3. The van der Waals surface area contributed by atoms with Gasteiger partial charge in [-0.05, 0) is 24.3 Å². The molecule has 0 saturated carbocycles. The summed E-state index contributed by atoms with van der Waals surface area (Å²) in [6.07, 6.45) is 3.51. The summed E-state index contributed by atoms with van der Waals surface area (Å²) in [6.45, 7) is 0. The minimum Gasteiger partial charge on any atom is -0.396 e. The Hall–Kier alpha value is -1.85. The first kappa shape index (κ1) is 11.3.